The van der Waals surface area contributed by atoms with Gasteiger partial charge >= 0.3 is 5.91 Å². The maximum absolute atomic E-state index is 14.0. The van der Waals surface area contributed by atoms with Crippen LogP contribution in [0.2, 0.25) is 0 Å². The third kappa shape index (κ3) is 4.02. The smallest absolute Gasteiger partial charge is 0.331 e. The monoisotopic (exact) mass is 492 g/mol. The Labute approximate surface area is 215 Å². The van der Waals surface area contributed by atoms with E-state index in [0.717, 1.165) is 32.7 Å². The molecule has 0 unspecified atom stereocenters. The number of pyridine rings is 1. The second kappa shape index (κ2) is 8.85. The second-order valence-electron chi connectivity index (χ2n) is 9.77. The van der Waals surface area contributed by atoms with Crippen LogP contribution >= 0.6 is 0 Å². The SMILES string of the molecule is Cc1ccc(N2C(=O)C(c3c(C)nn(-c4ccc(C)cc4C)c3[O-])=C([n+]3cc(C)cc(C)c3)C2=O)cc1. The number of carbonyl (C=O) groups excluding carboxylic acids is 2. The molecule has 0 atom stereocenters. The van der Waals surface area contributed by atoms with Crippen LogP contribution < -0.4 is 14.6 Å². The van der Waals surface area contributed by atoms with Gasteiger partial charge < -0.3 is 5.11 Å². The molecule has 1 aliphatic rings. The summed E-state index contributed by atoms with van der Waals surface area (Å²) in [5, 5.41) is 18.4. The first kappa shape index (κ1) is 24.2. The molecule has 0 radical (unpaired) electrons. The van der Waals surface area contributed by atoms with E-state index in [9.17, 15) is 14.7 Å². The lowest BCUT2D eigenvalue weighted by Crippen LogP contribution is -2.40. The van der Waals surface area contributed by atoms with Gasteiger partial charge in [0.1, 0.15) is 5.57 Å². The van der Waals surface area contributed by atoms with Gasteiger partial charge in [-0.2, -0.15) is 9.67 Å². The van der Waals surface area contributed by atoms with E-state index in [2.05, 4.69) is 5.10 Å². The third-order valence-corrected chi connectivity index (χ3v) is 6.60. The molecular formula is C30H28N4O3. The number of carbonyl (C=O) groups is 2. The van der Waals surface area contributed by atoms with E-state index in [1.807, 2.05) is 71.0 Å². The molecule has 0 fully saturated rings. The van der Waals surface area contributed by atoms with Gasteiger partial charge in [-0.05, 0) is 77.3 Å². The van der Waals surface area contributed by atoms with Crippen LogP contribution in [0.3, 0.4) is 0 Å². The van der Waals surface area contributed by atoms with Crippen molar-refractivity contribution in [1.82, 2.24) is 9.78 Å². The molecule has 0 spiro atoms. The average molecular weight is 493 g/mol. The van der Waals surface area contributed by atoms with Crippen LogP contribution in [0.25, 0.3) is 17.0 Å². The highest BCUT2D eigenvalue weighted by Crippen LogP contribution is 2.38. The van der Waals surface area contributed by atoms with Gasteiger partial charge in [0.2, 0.25) is 0 Å². The number of anilines is 1. The fourth-order valence-electron chi connectivity index (χ4n) is 4.95. The van der Waals surface area contributed by atoms with Crippen LogP contribution in [-0.4, -0.2) is 21.6 Å². The highest BCUT2D eigenvalue weighted by atomic mass is 16.3. The fourth-order valence-corrected chi connectivity index (χ4v) is 4.95. The van der Waals surface area contributed by atoms with Crippen LogP contribution in [0.1, 0.15) is 39.1 Å². The van der Waals surface area contributed by atoms with Gasteiger partial charge in [-0.1, -0.05) is 35.4 Å². The van der Waals surface area contributed by atoms with E-state index in [1.165, 1.54) is 4.68 Å². The van der Waals surface area contributed by atoms with Crippen LogP contribution in [0, 0.1) is 41.5 Å². The molecule has 3 heterocycles. The van der Waals surface area contributed by atoms with Crippen molar-refractivity contribution in [3.63, 3.8) is 0 Å². The van der Waals surface area contributed by atoms with Gasteiger partial charge in [-0.25, -0.2) is 9.58 Å². The number of aromatic nitrogens is 3. The highest BCUT2D eigenvalue weighted by Gasteiger charge is 2.47. The first-order valence-corrected chi connectivity index (χ1v) is 12.1. The molecule has 2 amide bonds. The van der Waals surface area contributed by atoms with E-state index < -0.39 is 17.7 Å². The number of hydrogen-bond acceptors (Lipinski definition) is 4. The zero-order valence-electron chi connectivity index (χ0n) is 21.8. The number of rotatable bonds is 4. The summed E-state index contributed by atoms with van der Waals surface area (Å²) in [6.07, 6.45) is 3.58. The molecule has 1 aliphatic heterocycles. The van der Waals surface area contributed by atoms with Crippen LogP contribution in [0.4, 0.5) is 5.69 Å². The number of benzene rings is 2. The Kier molecular flexibility index (Phi) is 5.79. The van der Waals surface area contributed by atoms with Crippen LogP contribution in [-0.2, 0) is 9.59 Å². The van der Waals surface area contributed by atoms with Gasteiger partial charge in [-0.15, -0.1) is 0 Å². The van der Waals surface area contributed by atoms with Crippen molar-refractivity contribution in [2.45, 2.75) is 41.5 Å². The molecule has 37 heavy (non-hydrogen) atoms. The first-order chi connectivity index (χ1) is 17.6. The first-order valence-electron chi connectivity index (χ1n) is 12.1. The number of aryl methyl sites for hydroxylation is 6. The molecule has 0 aliphatic carbocycles. The van der Waals surface area contributed by atoms with Crippen molar-refractivity contribution in [3.05, 3.63) is 100.0 Å². The number of imide groups is 1. The molecule has 2 aromatic carbocycles. The van der Waals surface area contributed by atoms with Crippen molar-refractivity contribution in [2.24, 2.45) is 0 Å². The average Bonchev–Trinajstić information content (AvgIpc) is 3.25. The summed E-state index contributed by atoms with van der Waals surface area (Å²) in [5.74, 6) is -1.47. The molecule has 7 heteroatoms. The van der Waals surface area contributed by atoms with E-state index in [-0.39, 0.29) is 16.8 Å². The Morgan fingerprint density at radius 3 is 2.00 bits per heavy atom. The minimum absolute atomic E-state index is 0.0547. The number of hydrogen-bond donors (Lipinski definition) is 0. The Hall–Kier alpha value is -4.52. The highest BCUT2D eigenvalue weighted by molar-refractivity contribution is 6.53. The van der Waals surface area contributed by atoms with Gasteiger partial charge in [-0.3, -0.25) is 9.59 Å². The summed E-state index contributed by atoms with van der Waals surface area (Å²) >= 11 is 0. The quantitative estimate of drug-likeness (QED) is 0.318. The fraction of sp³-hybridized carbons (Fsp3) is 0.200. The molecule has 7 nitrogen and oxygen atoms in total. The van der Waals surface area contributed by atoms with Gasteiger partial charge in [0.25, 0.3) is 11.6 Å². The van der Waals surface area contributed by atoms with Gasteiger partial charge in [0.15, 0.2) is 12.4 Å². The topological polar surface area (TPSA) is 82.1 Å². The van der Waals surface area contributed by atoms with Gasteiger partial charge in [0, 0.05) is 16.7 Å². The maximum Gasteiger partial charge on any atom is 0.331 e. The van der Waals surface area contributed by atoms with Gasteiger partial charge in [0.05, 0.1) is 17.1 Å². The van der Waals surface area contributed by atoms with Crippen molar-refractivity contribution < 1.29 is 19.3 Å². The Bertz CT molecular complexity index is 1610. The molecule has 0 bridgehead atoms. The lowest BCUT2D eigenvalue weighted by molar-refractivity contribution is -0.577. The predicted molar refractivity (Wildman–Crippen MR) is 140 cm³/mol. The molecule has 0 N–H and O–H groups in total. The normalized spacial score (nSPS) is 13.7. The largest absolute Gasteiger partial charge is 0.858 e. The van der Waals surface area contributed by atoms with E-state index in [4.69, 9.17) is 0 Å². The Morgan fingerprint density at radius 1 is 0.757 bits per heavy atom. The standard InChI is InChI=1S/C30H28N4O3/c1-17-7-10-23(11-8-17)33-28(35)26(27(30(33)37)32-15-19(3)13-20(4)16-32)25-22(6)31-34(29(25)36)24-12-9-18(2)14-21(24)5/h7-16H,1-6H3. The molecule has 186 valence electrons. The van der Waals surface area contributed by atoms with Crippen LogP contribution in [0.15, 0.2) is 60.9 Å². The van der Waals surface area contributed by atoms with E-state index >= 15 is 0 Å². The Morgan fingerprint density at radius 2 is 1.38 bits per heavy atom. The predicted octanol–water partition coefficient (Wildman–Crippen LogP) is 4.03. The number of amides is 2. The minimum atomic E-state index is -0.545. The third-order valence-electron chi connectivity index (χ3n) is 6.60. The number of nitrogens with zero attached hydrogens (tertiary/aromatic N) is 4. The summed E-state index contributed by atoms with van der Waals surface area (Å²) in [5.41, 5.74) is 6.60. The van der Waals surface area contributed by atoms with E-state index in [1.54, 1.807) is 36.0 Å². The summed E-state index contributed by atoms with van der Waals surface area (Å²) in [6, 6.07) is 14.9. The van der Waals surface area contributed by atoms with Crippen molar-refractivity contribution in [2.75, 3.05) is 4.90 Å². The summed E-state index contributed by atoms with van der Waals surface area (Å²) in [4.78, 5) is 29.0. The lowest BCUT2D eigenvalue weighted by Gasteiger charge is -2.16. The molecule has 5 rings (SSSR count). The lowest BCUT2D eigenvalue weighted by atomic mass is 10.0. The molecular weight excluding hydrogens is 464 g/mol. The zero-order valence-corrected chi connectivity index (χ0v) is 21.8. The van der Waals surface area contributed by atoms with Crippen LogP contribution in [0.5, 0.6) is 5.88 Å². The minimum Gasteiger partial charge on any atom is -0.858 e. The maximum atomic E-state index is 14.0. The molecule has 0 saturated carbocycles. The van der Waals surface area contributed by atoms with Crippen molar-refractivity contribution in [3.8, 4) is 11.6 Å². The van der Waals surface area contributed by atoms with Crippen molar-refractivity contribution >= 4 is 28.8 Å². The van der Waals surface area contributed by atoms with E-state index in [0.29, 0.717) is 17.1 Å². The Balaban J connectivity index is 1.77. The molecule has 0 saturated heterocycles. The molecule has 4 aromatic rings. The van der Waals surface area contributed by atoms with Crippen molar-refractivity contribution in [1.29, 1.82) is 0 Å². The summed E-state index contributed by atoms with van der Waals surface area (Å²) in [7, 11) is 0. The zero-order chi connectivity index (χ0) is 26.6. The summed E-state index contributed by atoms with van der Waals surface area (Å²) < 4.78 is 2.98. The summed E-state index contributed by atoms with van der Waals surface area (Å²) in [6.45, 7) is 11.4. The second-order valence-corrected chi connectivity index (χ2v) is 9.77. The molecule has 2 aromatic heterocycles.